The Morgan fingerprint density at radius 1 is 0.938 bits per heavy atom. The zero-order valence-electron chi connectivity index (χ0n) is 39.2. The lowest BCUT2D eigenvalue weighted by atomic mass is 9.71. The van der Waals surface area contributed by atoms with Gasteiger partial charge in [-0.15, -0.1) is 0 Å². The van der Waals surface area contributed by atoms with Gasteiger partial charge in [-0.25, -0.2) is 0 Å². The van der Waals surface area contributed by atoms with Crippen LogP contribution in [-0.2, 0) is 52.2 Å². The van der Waals surface area contributed by atoms with Crippen molar-refractivity contribution in [1.29, 1.82) is 0 Å². The van der Waals surface area contributed by atoms with E-state index in [1.807, 2.05) is 39.0 Å². The topological polar surface area (TPSA) is 170 Å². The molecule has 360 valence electrons. The molecule has 1 aliphatic carbocycles. The SMILES string of the molecule is CCC(C)[C@H]1O[C@]2(C=C[C@@H]1C)C[C@@H]1C[C@@H](C/C=C(\C)[C@@H](O[C@H]3C[C@H](OC)[C@@H](O[C@H]4C[C@H](OC)[C@@](O)(CBr)[C@H](C)O4)[C@H](C)O3)[C@@H](C)/C=C/C=C3\CO[C@@H]4[C@H](O)C(C)=C[C@@H](C(=O)O1)[C@]34O)O2. The highest BCUT2D eigenvalue weighted by molar-refractivity contribution is 9.09. The molecule has 1 unspecified atom stereocenters. The number of aliphatic hydroxyl groups excluding tert-OH is 1. The van der Waals surface area contributed by atoms with Crippen LogP contribution in [0.15, 0.2) is 59.3 Å². The molecule has 1 spiro atoms. The quantitative estimate of drug-likeness (QED) is 0.137. The summed E-state index contributed by atoms with van der Waals surface area (Å²) in [7, 11) is 3.22. The van der Waals surface area contributed by atoms with Crippen LogP contribution in [0.25, 0.3) is 0 Å². The van der Waals surface area contributed by atoms with E-state index in [9.17, 15) is 20.1 Å². The van der Waals surface area contributed by atoms with Crippen LogP contribution in [-0.4, -0.2) is 144 Å². The number of carbonyl (C=O) groups excluding carboxylic acids is 1. The van der Waals surface area contributed by atoms with Crippen LogP contribution in [0.2, 0.25) is 0 Å². The van der Waals surface area contributed by atoms with Gasteiger partial charge in [0.15, 0.2) is 18.4 Å². The number of methoxy groups -OCH3 is 2. The first kappa shape index (κ1) is 50.1. The maximum absolute atomic E-state index is 14.4. The van der Waals surface area contributed by atoms with Crippen molar-refractivity contribution in [3.63, 3.8) is 0 Å². The summed E-state index contributed by atoms with van der Waals surface area (Å²) >= 11 is 3.42. The second-order valence-electron chi connectivity index (χ2n) is 19.5. The summed E-state index contributed by atoms with van der Waals surface area (Å²) in [4.78, 5) is 14.4. The van der Waals surface area contributed by atoms with Crippen LogP contribution < -0.4 is 0 Å². The molecule has 6 heterocycles. The van der Waals surface area contributed by atoms with Crippen LogP contribution >= 0.6 is 15.9 Å². The molecule has 6 aliphatic heterocycles. The number of hydrogen-bond donors (Lipinski definition) is 3. The number of esters is 1. The number of ether oxygens (including phenoxy) is 10. The molecule has 2 bridgehead atoms. The van der Waals surface area contributed by atoms with E-state index in [0.29, 0.717) is 48.6 Å². The molecule has 0 aromatic heterocycles. The lowest BCUT2D eigenvalue weighted by molar-refractivity contribution is -0.329. The molecular formula is C49H73BrO14. The summed E-state index contributed by atoms with van der Waals surface area (Å²) in [6.45, 7) is 16.1. The standard InChI is InChI=1S/C49H73BrO14/c1-11-26(2)43-29(5)17-18-47(64-43)23-35-20-34(63-47)16-15-28(4)42(27(3)13-12-14-33-24-57-45-41(51)30(6)19-36(46(52)60-35)49(33,45)54)61-39-21-37(55-9)44(31(7)58-39)62-40-22-38(56-10)48(53,25-50)32(8)59-40/h12-15,17-19,26-27,29,31-32,34-45,51,53-54H,11,16,20-25H2,1-10H3/b13-12+,28-15+,33-14+/t26?,27-,29-,31-,32-,34+,35-,36-,37-,38-,39-,40-,41+,42-,43+,44-,45+,47+,48+,49+/m0/s1. The van der Waals surface area contributed by atoms with Crippen LogP contribution in [0.4, 0.5) is 0 Å². The van der Waals surface area contributed by atoms with Gasteiger partial charge in [-0.2, -0.15) is 0 Å². The summed E-state index contributed by atoms with van der Waals surface area (Å²) in [5.74, 6) is -2.59. The van der Waals surface area contributed by atoms with E-state index in [1.165, 1.54) is 0 Å². The van der Waals surface area contributed by atoms with Crippen molar-refractivity contribution in [3.8, 4) is 0 Å². The zero-order valence-corrected chi connectivity index (χ0v) is 40.8. The number of hydrogen-bond acceptors (Lipinski definition) is 14. The fraction of sp³-hybridized carbons (Fsp3) is 0.776. The predicted molar refractivity (Wildman–Crippen MR) is 240 cm³/mol. The van der Waals surface area contributed by atoms with E-state index in [-0.39, 0.29) is 30.5 Å². The van der Waals surface area contributed by atoms with Crippen molar-refractivity contribution in [1.82, 2.24) is 0 Å². The van der Waals surface area contributed by atoms with Gasteiger partial charge in [-0.1, -0.05) is 86.5 Å². The van der Waals surface area contributed by atoms with Gasteiger partial charge in [0, 0.05) is 57.1 Å². The van der Waals surface area contributed by atoms with Gasteiger partial charge in [0.05, 0.1) is 49.3 Å². The fourth-order valence-electron chi connectivity index (χ4n) is 10.9. The normalized spacial score (nSPS) is 49.2. The first-order valence-electron chi connectivity index (χ1n) is 23.4. The monoisotopic (exact) mass is 964 g/mol. The van der Waals surface area contributed by atoms with E-state index in [2.05, 4.69) is 55.8 Å². The molecule has 15 heteroatoms. The van der Waals surface area contributed by atoms with Gasteiger partial charge < -0.3 is 62.7 Å². The van der Waals surface area contributed by atoms with E-state index in [1.54, 1.807) is 33.3 Å². The summed E-state index contributed by atoms with van der Waals surface area (Å²) in [5.41, 5.74) is -1.09. The third kappa shape index (κ3) is 9.86. The first-order chi connectivity index (χ1) is 30.4. The average Bonchev–Trinajstić information content (AvgIpc) is 3.61. The molecule has 0 radical (unpaired) electrons. The third-order valence-electron chi connectivity index (χ3n) is 15.1. The summed E-state index contributed by atoms with van der Waals surface area (Å²) in [6.07, 6.45) is 8.92. The van der Waals surface area contributed by atoms with Crippen molar-refractivity contribution in [2.45, 2.75) is 191 Å². The lowest BCUT2D eigenvalue weighted by Gasteiger charge is -2.48. The van der Waals surface area contributed by atoms with Gasteiger partial charge in [0.25, 0.3) is 0 Å². The average molecular weight is 966 g/mol. The van der Waals surface area contributed by atoms with E-state index in [4.69, 9.17) is 47.4 Å². The van der Waals surface area contributed by atoms with Crippen LogP contribution in [0.5, 0.6) is 0 Å². The predicted octanol–water partition coefficient (Wildman–Crippen LogP) is 6.14. The molecule has 4 fully saturated rings. The van der Waals surface area contributed by atoms with Gasteiger partial charge >= 0.3 is 5.97 Å². The van der Waals surface area contributed by atoms with Gasteiger partial charge in [-0.3, -0.25) is 4.79 Å². The molecule has 0 amide bonds. The molecule has 0 aromatic rings. The van der Waals surface area contributed by atoms with Crippen molar-refractivity contribution in [2.24, 2.45) is 23.7 Å². The van der Waals surface area contributed by atoms with Gasteiger partial charge in [0.2, 0.25) is 0 Å². The number of allylic oxidation sites excluding steroid dienone is 2. The van der Waals surface area contributed by atoms with E-state index < -0.39 is 102 Å². The number of fused-ring (bicyclic) bond motifs is 2. The Labute approximate surface area is 387 Å². The second kappa shape index (κ2) is 20.4. The van der Waals surface area contributed by atoms with Crippen molar-refractivity contribution in [2.75, 3.05) is 26.2 Å². The molecule has 7 aliphatic rings. The molecule has 64 heavy (non-hydrogen) atoms. The molecule has 0 aromatic carbocycles. The molecule has 7 rings (SSSR count). The summed E-state index contributed by atoms with van der Waals surface area (Å²) < 4.78 is 64.2. The minimum Gasteiger partial charge on any atom is -0.462 e. The number of alkyl halides is 1. The largest absolute Gasteiger partial charge is 0.462 e. The Balaban J connectivity index is 1.17. The number of aliphatic hydroxyl groups is 3. The molecular weight excluding hydrogens is 892 g/mol. The molecule has 4 saturated heterocycles. The van der Waals surface area contributed by atoms with Gasteiger partial charge in [-0.05, 0) is 62.8 Å². The molecule has 3 N–H and O–H groups in total. The smallest absolute Gasteiger partial charge is 0.316 e. The Morgan fingerprint density at radius 3 is 2.39 bits per heavy atom. The highest BCUT2D eigenvalue weighted by Gasteiger charge is 2.60. The minimum absolute atomic E-state index is 0.0285. The Hall–Kier alpha value is -1.83. The van der Waals surface area contributed by atoms with Crippen LogP contribution in [0, 0.1) is 23.7 Å². The zero-order chi connectivity index (χ0) is 46.3. The Kier molecular flexibility index (Phi) is 16.0. The van der Waals surface area contributed by atoms with Gasteiger partial charge in [0.1, 0.15) is 41.5 Å². The highest BCUT2D eigenvalue weighted by Crippen LogP contribution is 2.47. The van der Waals surface area contributed by atoms with Crippen molar-refractivity contribution >= 4 is 21.9 Å². The second-order valence-corrected chi connectivity index (χ2v) is 20.0. The van der Waals surface area contributed by atoms with Crippen molar-refractivity contribution in [3.05, 3.63) is 59.3 Å². The van der Waals surface area contributed by atoms with E-state index >= 15 is 0 Å². The highest BCUT2D eigenvalue weighted by atomic mass is 79.9. The number of halogens is 1. The summed E-state index contributed by atoms with van der Waals surface area (Å²) in [5, 5.41) is 35.3. The third-order valence-corrected chi connectivity index (χ3v) is 16.0. The number of rotatable bonds is 9. The number of carbonyl (C=O) groups is 1. The maximum Gasteiger partial charge on any atom is 0.316 e. The lowest BCUT2D eigenvalue weighted by Crippen LogP contribution is -2.61. The van der Waals surface area contributed by atoms with Crippen LogP contribution in [0.1, 0.15) is 93.9 Å². The van der Waals surface area contributed by atoms with E-state index in [0.717, 1.165) is 12.0 Å². The fourth-order valence-corrected chi connectivity index (χ4v) is 11.7. The maximum atomic E-state index is 14.4. The Bertz CT molecular complexity index is 1800. The van der Waals surface area contributed by atoms with Crippen LogP contribution in [0.3, 0.4) is 0 Å². The summed E-state index contributed by atoms with van der Waals surface area (Å²) in [6, 6.07) is 0. The molecule has 14 nitrogen and oxygen atoms in total. The molecule has 20 atom stereocenters. The minimum atomic E-state index is -1.84. The first-order valence-corrected chi connectivity index (χ1v) is 24.5. The molecule has 0 saturated carbocycles. The Morgan fingerprint density at radius 2 is 1.69 bits per heavy atom. The van der Waals surface area contributed by atoms with Crippen molar-refractivity contribution < 1.29 is 67.5 Å².